The van der Waals surface area contributed by atoms with Crippen LogP contribution in [0.1, 0.15) is 30.9 Å². The number of esters is 1. The van der Waals surface area contributed by atoms with E-state index in [1.807, 2.05) is 18.2 Å². The number of carbonyl (C=O) groups excluding carboxylic acids is 1. The molecule has 18 heavy (non-hydrogen) atoms. The zero-order chi connectivity index (χ0) is 12.8. The highest BCUT2D eigenvalue weighted by molar-refractivity contribution is 5.70. The molecule has 0 radical (unpaired) electrons. The molecule has 2 atom stereocenters. The fraction of sp³-hybridized carbons (Fsp3) is 0.400. The van der Waals surface area contributed by atoms with Crippen LogP contribution in [-0.2, 0) is 14.3 Å². The van der Waals surface area contributed by atoms with Crippen molar-refractivity contribution < 1.29 is 14.3 Å². The molecule has 1 aromatic carbocycles. The second-order valence-electron chi connectivity index (χ2n) is 4.41. The minimum atomic E-state index is -0.214. The van der Waals surface area contributed by atoms with Crippen LogP contribution in [0.15, 0.2) is 43.0 Å². The molecule has 0 bridgehead atoms. The van der Waals surface area contributed by atoms with Crippen LogP contribution in [0.2, 0.25) is 0 Å². The summed E-state index contributed by atoms with van der Waals surface area (Å²) < 4.78 is 10.8. The number of rotatable bonds is 5. The minimum Gasteiger partial charge on any atom is -0.461 e. The van der Waals surface area contributed by atoms with E-state index in [1.54, 1.807) is 6.08 Å². The SMILES string of the molecule is C=CCOC(=O)C[C@@H]1CC[C@H](c2ccccc2)O1. The first-order valence-electron chi connectivity index (χ1n) is 6.26. The monoisotopic (exact) mass is 246 g/mol. The molecule has 96 valence electrons. The zero-order valence-electron chi connectivity index (χ0n) is 10.4. The molecular weight excluding hydrogens is 228 g/mol. The molecule has 3 heteroatoms. The Labute approximate surface area is 107 Å². The van der Waals surface area contributed by atoms with Crippen molar-refractivity contribution in [1.82, 2.24) is 0 Å². The van der Waals surface area contributed by atoms with E-state index < -0.39 is 0 Å². The lowest BCUT2D eigenvalue weighted by Crippen LogP contribution is -2.15. The summed E-state index contributed by atoms with van der Waals surface area (Å²) in [5, 5.41) is 0. The van der Waals surface area contributed by atoms with Gasteiger partial charge in [0.15, 0.2) is 0 Å². The van der Waals surface area contributed by atoms with Crippen LogP contribution in [0.3, 0.4) is 0 Å². The Bertz CT molecular complexity index is 399. The highest BCUT2D eigenvalue weighted by atomic mass is 16.5. The molecule has 1 aromatic rings. The van der Waals surface area contributed by atoms with Crippen molar-refractivity contribution in [2.24, 2.45) is 0 Å². The Hall–Kier alpha value is -1.61. The van der Waals surface area contributed by atoms with Gasteiger partial charge in [-0.1, -0.05) is 43.0 Å². The summed E-state index contributed by atoms with van der Waals surface area (Å²) >= 11 is 0. The van der Waals surface area contributed by atoms with Crippen molar-refractivity contribution in [2.45, 2.75) is 31.5 Å². The molecule has 1 saturated heterocycles. The fourth-order valence-electron chi connectivity index (χ4n) is 2.17. The van der Waals surface area contributed by atoms with Gasteiger partial charge in [-0.05, 0) is 18.4 Å². The number of benzene rings is 1. The molecule has 0 aromatic heterocycles. The molecule has 1 fully saturated rings. The Balaban J connectivity index is 1.82. The Morgan fingerprint density at radius 2 is 2.17 bits per heavy atom. The molecular formula is C15H18O3. The molecule has 0 saturated carbocycles. The molecule has 3 nitrogen and oxygen atoms in total. The van der Waals surface area contributed by atoms with E-state index in [0.717, 1.165) is 12.8 Å². The largest absolute Gasteiger partial charge is 0.461 e. The van der Waals surface area contributed by atoms with Gasteiger partial charge in [0.25, 0.3) is 0 Å². The predicted molar refractivity (Wildman–Crippen MR) is 69.1 cm³/mol. The number of carbonyl (C=O) groups is 1. The van der Waals surface area contributed by atoms with Gasteiger partial charge in [0.2, 0.25) is 0 Å². The summed E-state index contributed by atoms with van der Waals surface area (Å²) in [6.07, 6.45) is 3.86. The van der Waals surface area contributed by atoms with Gasteiger partial charge in [0.05, 0.1) is 18.6 Å². The van der Waals surface area contributed by atoms with E-state index in [1.165, 1.54) is 5.56 Å². The first kappa shape index (κ1) is 12.8. The van der Waals surface area contributed by atoms with Gasteiger partial charge in [-0.25, -0.2) is 0 Å². The number of hydrogen-bond donors (Lipinski definition) is 0. The van der Waals surface area contributed by atoms with Gasteiger partial charge < -0.3 is 9.47 Å². The lowest BCUT2D eigenvalue weighted by molar-refractivity contribution is -0.145. The standard InChI is InChI=1S/C15H18O3/c1-2-10-17-15(16)11-13-8-9-14(18-13)12-6-4-3-5-7-12/h2-7,13-14H,1,8-11H2/t13-,14+/m0/s1. The van der Waals surface area contributed by atoms with Crippen LogP contribution < -0.4 is 0 Å². The van der Waals surface area contributed by atoms with Gasteiger partial charge >= 0.3 is 5.97 Å². The summed E-state index contributed by atoms with van der Waals surface area (Å²) in [4.78, 5) is 11.5. The Morgan fingerprint density at radius 3 is 2.89 bits per heavy atom. The van der Waals surface area contributed by atoms with E-state index in [0.29, 0.717) is 6.42 Å². The molecule has 1 aliphatic heterocycles. The van der Waals surface area contributed by atoms with Gasteiger partial charge in [-0.15, -0.1) is 0 Å². The molecule has 0 aliphatic carbocycles. The fourth-order valence-corrected chi connectivity index (χ4v) is 2.17. The molecule has 0 spiro atoms. The van der Waals surface area contributed by atoms with Crippen molar-refractivity contribution in [1.29, 1.82) is 0 Å². The first-order chi connectivity index (χ1) is 8.79. The lowest BCUT2D eigenvalue weighted by Gasteiger charge is -2.13. The van der Waals surface area contributed by atoms with Crippen LogP contribution in [0, 0.1) is 0 Å². The summed E-state index contributed by atoms with van der Waals surface area (Å²) in [5.74, 6) is -0.214. The molecule has 2 rings (SSSR count). The van der Waals surface area contributed by atoms with Crippen LogP contribution in [0.25, 0.3) is 0 Å². The quantitative estimate of drug-likeness (QED) is 0.591. The first-order valence-corrected chi connectivity index (χ1v) is 6.26. The Morgan fingerprint density at radius 1 is 1.39 bits per heavy atom. The van der Waals surface area contributed by atoms with E-state index in [4.69, 9.17) is 9.47 Å². The van der Waals surface area contributed by atoms with E-state index in [2.05, 4.69) is 18.7 Å². The van der Waals surface area contributed by atoms with E-state index >= 15 is 0 Å². The molecule has 0 unspecified atom stereocenters. The van der Waals surface area contributed by atoms with E-state index in [9.17, 15) is 4.79 Å². The van der Waals surface area contributed by atoms with Crippen LogP contribution in [0.5, 0.6) is 0 Å². The molecule has 1 aliphatic rings. The molecule has 1 heterocycles. The van der Waals surface area contributed by atoms with Crippen molar-refractivity contribution in [2.75, 3.05) is 6.61 Å². The van der Waals surface area contributed by atoms with Gasteiger partial charge in [0.1, 0.15) is 6.61 Å². The topological polar surface area (TPSA) is 35.5 Å². The predicted octanol–water partition coefficient (Wildman–Crippen LogP) is 3.03. The average molecular weight is 246 g/mol. The normalized spacial score (nSPS) is 22.7. The van der Waals surface area contributed by atoms with Crippen molar-refractivity contribution in [3.8, 4) is 0 Å². The zero-order valence-corrected chi connectivity index (χ0v) is 10.4. The second-order valence-corrected chi connectivity index (χ2v) is 4.41. The summed E-state index contributed by atoms with van der Waals surface area (Å²) in [6, 6.07) is 10.1. The van der Waals surface area contributed by atoms with Crippen LogP contribution in [0.4, 0.5) is 0 Å². The summed E-state index contributed by atoms with van der Waals surface area (Å²) in [7, 11) is 0. The highest BCUT2D eigenvalue weighted by Gasteiger charge is 2.28. The third-order valence-electron chi connectivity index (χ3n) is 3.04. The number of hydrogen-bond acceptors (Lipinski definition) is 3. The average Bonchev–Trinajstić information content (AvgIpc) is 2.86. The summed E-state index contributed by atoms with van der Waals surface area (Å²) in [5.41, 5.74) is 1.18. The maximum atomic E-state index is 11.5. The maximum Gasteiger partial charge on any atom is 0.308 e. The maximum absolute atomic E-state index is 11.5. The molecule has 0 amide bonds. The van der Waals surface area contributed by atoms with Crippen LogP contribution in [-0.4, -0.2) is 18.7 Å². The van der Waals surface area contributed by atoms with Crippen LogP contribution >= 0.6 is 0 Å². The van der Waals surface area contributed by atoms with Crippen molar-refractivity contribution >= 4 is 5.97 Å². The molecule has 0 N–H and O–H groups in total. The van der Waals surface area contributed by atoms with E-state index in [-0.39, 0.29) is 24.8 Å². The third kappa shape index (κ3) is 3.44. The van der Waals surface area contributed by atoms with Gasteiger partial charge in [-0.3, -0.25) is 4.79 Å². The lowest BCUT2D eigenvalue weighted by atomic mass is 10.1. The highest BCUT2D eigenvalue weighted by Crippen LogP contribution is 2.33. The van der Waals surface area contributed by atoms with Crippen molar-refractivity contribution in [3.05, 3.63) is 48.6 Å². The third-order valence-corrected chi connectivity index (χ3v) is 3.04. The minimum absolute atomic E-state index is 0.0208. The number of ether oxygens (including phenoxy) is 2. The Kier molecular flexibility index (Phi) is 4.53. The summed E-state index contributed by atoms with van der Waals surface area (Å²) in [6.45, 7) is 3.78. The van der Waals surface area contributed by atoms with Gasteiger partial charge in [-0.2, -0.15) is 0 Å². The smallest absolute Gasteiger partial charge is 0.308 e. The van der Waals surface area contributed by atoms with Crippen molar-refractivity contribution in [3.63, 3.8) is 0 Å². The van der Waals surface area contributed by atoms with Gasteiger partial charge in [0, 0.05) is 0 Å². The second kappa shape index (κ2) is 6.36.